The number of amides is 1. The maximum absolute atomic E-state index is 13.2. The molecular weight excluding hydrogens is 451 g/mol. The summed E-state index contributed by atoms with van der Waals surface area (Å²) in [5.41, 5.74) is 1.41. The molecule has 0 N–H and O–H groups in total. The summed E-state index contributed by atoms with van der Waals surface area (Å²) in [6.07, 6.45) is 0. The van der Waals surface area contributed by atoms with Crippen LogP contribution in [0, 0.1) is 24.1 Å². The van der Waals surface area contributed by atoms with E-state index in [0.29, 0.717) is 15.6 Å². The second-order valence-electron chi connectivity index (χ2n) is 7.24. The molecule has 0 saturated carbocycles. The number of nitrogens with zero attached hydrogens (tertiary/aromatic N) is 4. The summed E-state index contributed by atoms with van der Waals surface area (Å²) in [4.78, 5) is 19.6. The van der Waals surface area contributed by atoms with Crippen molar-refractivity contribution < 1.29 is 17.6 Å². The van der Waals surface area contributed by atoms with Crippen molar-refractivity contribution in [1.82, 2.24) is 14.2 Å². The molecule has 0 aliphatic carbocycles. The summed E-state index contributed by atoms with van der Waals surface area (Å²) in [5.74, 6) is -0.550. The predicted octanol–water partition coefficient (Wildman–Crippen LogP) is 3.28. The fourth-order valence-electron chi connectivity index (χ4n) is 3.51. The second kappa shape index (κ2) is 8.78. The third-order valence-corrected chi connectivity index (χ3v) is 8.38. The highest BCUT2D eigenvalue weighted by Crippen LogP contribution is 2.29. The van der Waals surface area contributed by atoms with Gasteiger partial charge in [-0.3, -0.25) is 4.79 Å². The van der Waals surface area contributed by atoms with Crippen LogP contribution in [-0.4, -0.2) is 54.7 Å². The Kier molecular flexibility index (Phi) is 6.06. The van der Waals surface area contributed by atoms with Gasteiger partial charge in [0.25, 0.3) is 5.91 Å². The van der Waals surface area contributed by atoms with Crippen molar-refractivity contribution in [2.24, 2.45) is 0 Å². The first-order chi connectivity index (χ1) is 15.3. The minimum absolute atomic E-state index is 0.0236. The summed E-state index contributed by atoms with van der Waals surface area (Å²) >= 11 is 1.24. The molecule has 0 bridgehead atoms. The standard InChI is InChI=1S/C22H19FN4O3S2/c1-15-20(31-21(25-15)16-6-8-18(23)9-7-16)22(28)26-10-12-27(13-11-26)32(29,30)19-5-3-2-4-17(19)14-24/h2-9H,10-13H2,1H3. The highest BCUT2D eigenvalue weighted by atomic mass is 32.2. The molecule has 1 aliphatic rings. The number of rotatable bonds is 4. The Hall–Kier alpha value is -3.13. The molecule has 2 aromatic carbocycles. The zero-order valence-corrected chi connectivity index (χ0v) is 18.8. The van der Waals surface area contributed by atoms with Gasteiger partial charge in [0, 0.05) is 31.7 Å². The normalized spacial score (nSPS) is 14.8. The topological polar surface area (TPSA) is 94.4 Å². The van der Waals surface area contributed by atoms with Gasteiger partial charge in [-0.15, -0.1) is 11.3 Å². The van der Waals surface area contributed by atoms with Crippen molar-refractivity contribution in [3.05, 3.63) is 70.5 Å². The number of aromatic nitrogens is 1. The number of carbonyl (C=O) groups is 1. The van der Waals surface area contributed by atoms with Crippen molar-refractivity contribution in [1.29, 1.82) is 5.26 Å². The molecule has 1 fully saturated rings. The van der Waals surface area contributed by atoms with E-state index in [0.717, 1.165) is 5.56 Å². The van der Waals surface area contributed by atoms with Gasteiger partial charge in [0.05, 0.1) is 16.2 Å². The van der Waals surface area contributed by atoms with Crippen LogP contribution in [0.2, 0.25) is 0 Å². The maximum atomic E-state index is 13.2. The van der Waals surface area contributed by atoms with Crippen LogP contribution in [0.25, 0.3) is 10.6 Å². The smallest absolute Gasteiger partial charge is 0.265 e. The van der Waals surface area contributed by atoms with Gasteiger partial charge in [-0.1, -0.05) is 12.1 Å². The van der Waals surface area contributed by atoms with Crippen molar-refractivity contribution in [3.63, 3.8) is 0 Å². The molecule has 1 aliphatic heterocycles. The number of sulfonamides is 1. The van der Waals surface area contributed by atoms with Crippen LogP contribution < -0.4 is 0 Å². The molecule has 1 aromatic heterocycles. The lowest BCUT2D eigenvalue weighted by molar-refractivity contribution is 0.0702. The average Bonchev–Trinajstić information content (AvgIpc) is 3.20. The lowest BCUT2D eigenvalue weighted by atomic mass is 10.2. The van der Waals surface area contributed by atoms with Crippen LogP contribution >= 0.6 is 11.3 Å². The fraction of sp³-hybridized carbons (Fsp3) is 0.227. The van der Waals surface area contributed by atoms with Crippen molar-refractivity contribution in [3.8, 4) is 16.6 Å². The van der Waals surface area contributed by atoms with Crippen molar-refractivity contribution in [2.75, 3.05) is 26.2 Å². The first-order valence-corrected chi connectivity index (χ1v) is 12.1. The Morgan fingerprint density at radius 3 is 2.41 bits per heavy atom. The zero-order valence-electron chi connectivity index (χ0n) is 17.2. The highest BCUT2D eigenvalue weighted by Gasteiger charge is 2.32. The summed E-state index contributed by atoms with van der Waals surface area (Å²) in [6, 6.07) is 13.9. The Morgan fingerprint density at radius 1 is 1.09 bits per heavy atom. The third-order valence-electron chi connectivity index (χ3n) is 5.23. The molecule has 0 unspecified atom stereocenters. The molecule has 1 saturated heterocycles. The Labute approximate surface area is 189 Å². The van der Waals surface area contributed by atoms with E-state index in [1.54, 1.807) is 36.1 Å². The van der Waals surface area contributed by atoms with Gasteiger partial charge in [-0.05, 0) is 43.3 Å². The van der Waals surface area contributed by atoms with Crippen LogP contribution in [0.5, 0.6) is 0 Å². The first-order valence-electron chi connectivity index (χ1n) is 9.83. The Morgan fingerprint density at radius 2 is 1.75 bits per heavy atom. The number of piperazine rings is 1. The maximum Gasteiger partial charge on any atom is 0.265 e. The van der Waals surface area contributed by atoms with Gasteiger partial charge in [0.2, 0.25) is 10.0 Å². The summed E-state index contributed by atoms with van der Waals surface area (Å²) in [7, 11) is -3.83. The highest BCUT2D eigenvalue weighted by molar-refractivity contribution is 7.89. The van der Waals surface area contributed by atoms with E-state index >= 15 is 0 Å². The van der Waals surface area contributed by atoms with Gasteiger partial charge in [-0.2, -0.15) is 9.57 Å². The first kappa shape index (κ1) is 22.1. The molecule has 32 heavy (non-hydrogen) atoms. The SMILES string of the molecule is Cc1nc(-c2ccc(F)cc2)sc1C(=O)N1CCN(S(=O)(=O)c2ccccc2C#N)CC1. The van der Waals surface area contributed by atoms with Gasteiger partial charge in [0.1, 0.15) is 21.8 Å². The number of hydrogen-bond donors (Lipinski definition) is 0. The molecule has 0 spiro atoms. The van der Waals surface area contributed by atoms with Crippen LogP contribution in [0.1, 0.15) is 20.9 Å². The molecule has 0 atom stereocenters. The monoisotopic (exact) mass is 470 g/mol. The fourth-order valence-corrected chi connectivity index (χ4v) is 6.11. The van der Waals surface area contributed by atoms with Gasteiger partial charge < -0.3 is 4.90 Å². The van der Waals surface area contributed by atoms with E-state index in [1.165, 1.54) is 39.9 Å². The summed E-state index contributed by atoms with van der Waals surface area (Å²) in [5, 5.41) is 9.86. The quantitative estimate of drug-likeness (QED) is 0.583. The molecule has 1 amide bonds. The lowest BCUT2D eigenvalue weighted by Crippen LogP contribution is -2.50. The van der Waals surface area contributed by atoms with Gasteiger partial charge >= 0.3 is 0 Å². The van der Waals surface area contributed by atoms with Crippen molar-refractivity contribution in [2.45, 2.75) is 11.8 Å². The van der Waals surface area contributed by atoms with Crippen molar-refractivity contribution >= 4 is 27.3 Å². The number of thiazole rings is 1. The molecule has 164 valence electrons. The number of aryl methyl sites for hydroxylation is 1. The molecule has 7 nitrogen and oxygen atoms in total. The summed E-state index contributed by atoms with van der Waals surface area (Å²) in [6.45, 7) is 2.48. The predicted molar refractivity (Wildman–Crippen MR) is 118 cm³/mol. The molecular formula is C22H19FN4O3S2. The number of hydrogen-bond acceptors (Lipinski definition) is 6. The minimum Gasteiger partial charge on any atom is -0.335 e. The molecule has 2 heterocycles. The largest absolute Gasteiger partial charge is 0.335 e. The van der Waals surface area contributed by atoms with Gasteiger partial charge in [-0.25, -0.2) is 17.8 Å². The number of benzene rings is 2. The summed E-state index contributed by atoms with van der Waals surface area (Å²) < 4.78 is 40.5. The van der Waals surface area contributed by atoms with E-state index in [-0.39, 0.29) is 48.4 Å². The Bertz CT molecular complexity index is 1310. The van der Waals surface area contributed by atoms with E-state index in [4.69, 9.17) is 0 Å². The average molecular weight is 471 g/mol. The zero-order chi connectivity index (χ0) is 22.9. The van der Waals surface area contributed by atoms with E-state index in [2.05, 4.69) is 4.98 Å². The number of halogens is 1. The van der Waals surface area contributed by atoms with Crippen LogP contribution in [-0.2, 0) is 10.0 Å². The van der Waals surface area contributed by atoms with E-state index in [1.807, 2.05) is 6.07 Å². The number of nitriles is 1. The van der Waals surface area contributed by atoms with E-state index in [9.17, 15) is 22.9 Å². The van der Waals surface area contributed by atoms with Crippen LogP contribution in [0.15, 0.2) is 53.4 Å². The van der Waals surface area contributed by atoms with Gasteiger partial charge in [0.15, 0.2) is 0 Å². The molecule has 4 rings (SSSR count). The molecule has 3 aromatic rings. The van der Waals surface area contributed by atoms with Crippen LogP contribution in [0.4, 0.5) is 4.39 Å². The number of carbonyl (C=O) groups excluding carboxylic acids is 1. The molecule has 10 heteroatoms. The van der Waals surface area contributed by atoms with E-state index < -0.39 is 10.0 Å². The minimum atomic E-state index is -3.83. The Balaban J connectivity index is 1.48. The lowest BCUT2D eigenvalue weighted by Gasteiger charge is -2.34. The van der Waals surface area contributed by atoms with Crippen LogP contribution in [0.3, 0.4) is 0 Å². The third kappa shape index (κ3) is 4.14. The second-order valence-corrected chi connectivity index (χ2v) is 10.2. The molecule has 0 radical (unpaired) electrons.